The van der Waals surface area contributed by atoms with Crippen LogP contribution in [0, 0.1) is 17.2 Å². The summed E-state index contributed by atoms with van der Waals surface area (Å²) in [5.74, 6) is 0.205. The molecule has 0 amide bonds. The molecule has 0 aromatic carbocycles. The molecule has 74 valence electrons. The second kappa shape index (κ2) is 6.47. The number of nitrogens with zero attached hydrogens (tertiary/aromatic N) is 1. The third-order valence-electron chi connectivity index (χ3n) is 1.71. The monoisotopic (exact) mass is 183 g/mol. The molecule has 0 aliphatic heterocycles. The Morgan fingerprint density at radius 3 is 2.46 bits per heavy atom. The van der Waals surface area contributed by atoms with Crippen molar-refractivity contribution in [1.82, 2.24) is 0 Å². The number of hydrogen-bond acceptors (Lipinski definition) is 3. The van der Waals surface area contributed by atoms with Crippen LogP contribution in [0.15, 0.2) is 0 Å². The highest BCUT2D eigenvalue weighted by Gasteiger charge is 2.09. The van der Waals surface area contributed by atoms with E-state index in [0.29, 0.717) is 5.92 Å². The van der Waals surface area contributed by atoms with Gasteiger partial charge in [0.05, 0.1) is 12.2 Å². The first-order valence-corrected chi connectivity index (χ1v) is 4.62. The fraction of sp³-hybridized carbons (Fsp3) is 0.800. The predicted octanol–water partition coefficient (Wildman–Crippen LogP) is 2.27. The molecular formula is C10H17NO2. The number of esters is 1. The van der Waals surface area contributed by atoms with Crippen LogP contribution in [0.3, 0.4) is 0 Å². The summed E-state index contributed by atoms with van der Waals surface area (Å²) in [6, 6.07) is 1.76. The average molecular weight is 183 g/mol. The number of carbonyl (C=O) groups excluding carboxylic acids is 1. The van der Waals surface area contributed by atoms with Crippen LogP contribution in [0.2, 0.25) is 0 Å². The van der Waals surface area contributed by atoms with Gasteiger partial charge >= 0.3 is 5.97 Å². The molecule has 0 heterocycles. The minimum atomic E-state index is -0.418. The summed E-state index contributed by atoms with van der Waals surface area (Å²) in [6.07, 6.45) is 1.70. The van der Waals surface area contributed by atoms with E-state index >= 15 is 0 Å². The summed E-state index contributed by atoms with van der Waals surface area (Å²) < 4.78 is 4.98. The van der Waals surface area contributed by atoms with E-state index in [2.05, 4.69) is 13.8 Å². The predicted molar refractivity (Wildman–Crippen MR) is 49.9 cm³/mol. The molecule has 3 nitrogen and oxygen atoms in total. The maximum atomic E-state index is 10.9. The number of nitriles is 1. The van der Waals surface area contributed by atoms with Crippen LogP contribution in [0.4, 0.5) is 0 Å². The molecule has 0 aromatic rings. The van der Waals surface area contributed by atoms with Gasteiger partial charge in [0, 0.05) is 0 Å². The van der Waals surface area contributed by atoms with Gasteiger partial charge < -0.3 is 4.74 Å². The van der Waals surface area contributed by atoms with Crippen molar-refractivity contribution in [2.75, 3.05) is 0 Å². The molecule has 0 fully saturated rings. The summed E-state index contributed by atoms with van der Waals surface area (Å²) in [5, 5.41) is 8.22. The van der Waals surface area contributed by atoms with Gasteiger partial charge in [-0.25, -0.2) is 0 Å². The van der Waals surface area contributed by atoms with E-state index in [1.807, 2.05) is 6.92 Å². The quantitative estimate of drug-likeness (QED) is 0.614. The molecule has 1 atom stereocenters. The van der Waals surface area contributed by atoms with Gasteiger partial charge in [-0.15, -0.1) is 0 Å². The average Bonchev–Trinajstić information content (AvgIpc) is 2.01. The third-order valence-corrected chi connectivity index (χ3v) is 1.71. The normalized spacial score (nSPS) is 12.2. The SMILES string of the molecule is CC(C)CCC(C)OC(=O)CC#N. The van der Waals surface area contributed by atoms with E-state index in [1.54, 1.807) is 6.07 Å². The van der Waals surface area contributed by atoms with E-state index in [9.17, 15) is 4.79 Å². The van der Waals surface area contributed by atoms with Crippen molar-refractivity contribution in [3.8, 4) is 6.07 Å². The highest BCUT2D eigenvalue weighted by Crippen LogP contribution is 2.09. The molecule has 3 heteroatoms. The first kappa shape index (κ1) is 12.0. The van der Waals surface area contributed by atoms with Crippen LogP contribution in [-0.4, -0.2) is 12.1 Å². The molecule has 0 radical (unpaired) electrons. The second-order valence-electron chi connectivity index (χ2n) is 3.61. The fourth-order valence-corrected chi connectivity index (χ4v) is 0.958. The van der Waals surface area contributed by atoms with Crippen LogP contribution >= 0.6 is 0 Å². The zero-order valence-electron chi connectivity index (χ0n) is 8.54. The van der Waals surface area contributed by atoms with E-state index in [1.165, 1.54) is 0 Å². The molecule has 0 saturated carbocycles. The maximum Gasteiger partial charge on any atom is 0.320 e. The van der Waals surface area contributed by atoms with Crippen molar-refractivity contribution < 1.29 is 9.53 Å². The Hall–Kier alpha value is -1.04. The van der Waals surface area contributed by atoms with Crippen molar-refractivity contribution in [2.45, 2.75) is 46.1 Å². The van der Waals surface area contributed by atoms with Gasteiger partial charge in [0.1, 0.15) is 6.42 Å². The van der Waals surface area contributed by atoms with Gasteiger partial charge in [0.15, 0.2) is 0 Å². The summed E-state index contributed by atoms with van der Waals surface area (Å²) in [7, 11) is 0. The molecule has 0 saturated heterocycles. The van der Waals surface area contributed by atoms with Gasteiger partial charge in [-0.1, -0.05) is 13.8 Å². The van der Waals surface area contributed by atoms with Crippen molar-refractivity contribution in [3.05, 3.63) is 0 Å². The van der Waals surface area contributed by atoms with Gasteiger partial charge in [-0.05, 0) is 25.7 Å². The number of rotatable bonds is 5. The van der Waals surface area contributed by atoms with Gasteiger partial charge in [-0.2, -0.15) is 5.26 Å². The smallest absolute Gasteiger partial charge is 0.320 e. The molecule has 0 spiro atoms. The van der Waals surface area contributed by atoms with Crippen molar-refractivity contribution in [1.29, 1.82) is 5.26 Å². The van der Waals surface area contributed by atoms with E-state index in [0.717, 1.165) is 12.8 Å². The molecular weight excluding hydrogens is 166 g/mol. The Kier molecular flexibility index (Phi) is 5.96. The van der Waals surface area contributed by atoms with E-state index in [-0.39, 0.29) is 12.5 Å². The van der Waals surface area contributed by atoms with Crippen LogP contribution in [-0.2, 0) is 9.53 Å². The largest absolute Gasteiger partial charge is 0.462 e. The lowest BCUT2D eigenvalue weighted by atomic mass is 10.1. The lowest BCUT2D eigenvalue weighted by Crippen LogP contribution is -2.14. The molecule has 0 rings (SSSR count). The molecule has 1 unspecified atom stereocenters. The number of ether oxygens (including phenoxy) is 1. The Bertz CT molecular complexity index is 194. The van der Waals surface area contributed by atoms with Crippen LogP contribution in [0.5, 0.6) is 0 Å². The summed E-state index contributed by atoms with van der Waals surface area (Å²) in [5.41, 5.74) is 0. The topological polar surface area (TPSA) is 50.1 Å². The standard InChI is InChI=1S/C10H17NO2/c1-8(2)4-5-9(3)13-10(12)6-7-11/h8-9H,4-6H2,1-3H3. The Labute approximate surface area is 79.7 Å². The highest BCUT2D eigenvalue weighted by atomic mass is 16.5. The second-order valence-corrected chi connectivity index (χ2v) is 3.61. The molecule has 0 aliphatic carbocycles. The molecule has 0 aromatic heterocycles. The number of hydrogen-bond donors (Lipinski definition) is 0. The number of carbonyl (C=O) groups is 1. The minimum absolute atomic E-state index is 0.0664. The lowest BCUT2D eigenvalue weighted by Gasteiger charge is -2.13. The summed E-state index contributed by atoms with van der Waals surface area (Å²) >= 11 is 0. The molecule has 13 heavy (non-hydrogen) atoms. The van der Waals surface area contributed by atoms with E-state index < -0.39 is 5.97 Å². The maximum absolute atomic E-state index is 10.9. The lowest BCUT2D eigenvalue weighted by molar-refractivity contribution is -0.147. The molecule has 0 N–H and O–H groups in total. The van der Waals surface area contributed by atoms with E-state index in [4.69, 9.17) is 10.00 Å². The molecule has 0 aliphatic rings. The van der Waals surface area contributed by atoms with Crippen LogP contribution in [0.25, 0.3) is 0 Å². The molecule has 0 bridgehead atoms. The summed E-state index contributed by atoms with van der Waals surface area (Å²) in [6.45, 7) is 6.12. The first-order valence-electron chi connectivity index (χ1n) is 4.62. The van der Waals surface area contributed by atoms with Crippen LogP contribution < -0.4 is 0 Å². The van der Waals surface area contributed by atoms with Crippen molar-refractivity contribution >= 4 is 5.97 Å². The summed E-state index contributed by atoms with van der Waals surface area (Å²) in [4.78, 5) is 10.9. The minimum Gasteiger partial charge on any atom is -0.462 e. The third kappa shape index (κ3) is 7.32. The highest BCUT2D eigenvalue weighted by molar-refractivity contribution is 5.71. The first-order chi connectivity index (χ1) is 6.06. The van der Waals surface area contributed by atoms with Gasteiger partial charge in [-0.3, -0.25) is 4.79 Å². The zero-order chi connectivity index (χ0) is 10.3. The van der Waals surface area contributed by atoms with Crippen LogP contribution in [0.1, 0.15) is 40.0 Å². The van der Waals surface area contributed by atoms with Gasteiger partial charge in [0.25, 0.3) is 0 Å². The fourth-order valence-electron chi connectivity index (χ4n) is 0.958. The zero-order valence-corrected chi connectivity index (χ0v) is 8.54. The van der Waals surface area contributed by atoms with Crippen molar-refractivity contribution in [3.63, 3.8) is 0 Å². The Balaban J connectivity index is 3.56. The Morgan fingerprint density at radius 1 is 1.38 bits per heavy atom. The van der Waals surface area contributed by atoms with Crippen molar-refractivity contribution in [2.24, 2.45) is 5.92 Å². The van der Waals surface area contributed by atoms with Gasteiger partial charge in [0.2, 0.25) is 0 Å². The Morgan fingerprint density at radius 2 is 2.00 bits per heavy atom.